The number of nitrogens with zero attached hydrogens (tertiary/aromatic N) is 3. The Balaban J connectivity index is 1.70. The van der Waals surface area contributed by atoms with E-state index in [1.165, 1.54) is 19.3 Å². The lowest BCUT2D eigenvalue weighted by Gasteiger charge is -2.11. The quantitative estimate of drug-likeness (QED) is 0.763. The van der Waals surface area contributed by atoms with Crippen molar-refractivity contribution in [2.45, 2.75) is 38.8 Å². The number of hydrogen-bond donors (Lipinski definition) is 1. The van der Waals surface area contributed by atoms with Crippen LogP contribution in [0, 0.1) is 5.92 Å². The molecule has 0 radical (unpaired) electrons. The smallest absolute Gasteiger partial charge is 0.164 e. The first-order valence-corrected chi connectivity index (χ1v) is 5.32. The van der Waals surface area contributed by atoms with Crippen LogP contribution in [-0.4, -0.2) is 20.8 Å². The average Bonchev–Trinajstić information content (AvgIpc) is 2.85. The van der Waals surface area contributed by atoms with E-state index in [0.29, 0.717) is 6.04 Å². The van der Waals surface area contributed by atoms with Gasteiger partial charge < -0.3 is 5.32 Å². The maximum atomic E-state index is 4.22. The lowest BCUT2D eigenvalue weighted by atomic mass is 10.1. The van der Waals surface area contributed by atoms with Crippen LogP contribution < -0.4 is 5.32 Å². The van der Waals surface area contributed by atoms with E-state index >= 15 is 0 Å². The van der Waals surface area contributed by atoms with Crippen molar-refractivity contribution in [3.8, 4) is 0 Å². The third-order valence-electron chi connectivity index (χ3n) is 2.64. The molecule has 1 aliphatic rings. The molecule has 2 rings (SSSR count). The molecule has 0 aliphatic heterocycles. The van der Waals surface area contributed by atoms with Gasteiger partial charge in [-0.3, -0.25) is 4.68 Å². The summed E-state index contributed by atoms with van der Waals surface area (Å²) in [5.41, 5.74) is 0. The lowest BCUT2D eigenvalue weighted by molar-refractivity contribution is 0.479. The van der Waals surface area contributed by atoms with E-state index in [0.717, 1.165) is 18.3 Å². The summed E-state index contributed by atoms with van der Waals surface area (Å²) in [5.74, 6) is 1.87. The molecular formula is C10H18N4. The summed E-state index contributed by atoms with van der Waals surface area (Å²) in [6, 6.07) is 0.589. The summed E-state index contributed by atoms with van der Waals surface area (Å²) in [4.78, 5) is 4.17. The van der Waals surface area contributed by atoms with Gasteiger partial charge in [-0.1, -0.05) is 12.8 Å². The fourth-order valence-corrected chi connectivity index (χ4v) is 1.67. The number of nitrogens with one attached hydrogen (secondary N) is 1. The molecule has 1 aromatic heterocycles. The SMILES string of the molecule is CC(CC1CC1)NCc1ncn(C)n1. The first-order valence-electron chi connectivity index (χ1n) is 5.32. The minimum absolute atomic E-state index is 0.589. The highest BCUT2D eigenvalue weighted by Gasteiger charge is 2.23. The van der Waals surface area contributed by atoms with Gasteiger partial charge in [0, 0.05) is 13.1 Å². The highest BCUT2D eigenvalue weighted by atomic mass is 15.3. The Kier molecular flexibility index (Phi) is 2.82. The molecule has 0 saturated heterocycles. The molecule has 1 fully saturated rings. The Hall–Kier alpha value is -0.900. The monoisotopic (exact) mass is 194 g/mol. The van der Waals surface area contributed by atoms with Gasteiger partial charge >= 0.3 is 0 Å². The summed E-state index contributed by atoms with van der Waals surface area (Å²) in [6.45, 7) is 3.02. The normalized spacial score (nSPS) is 18.4. The molecule has 1 unspecified atom stereocenters. The van der Waals surface area contributed by atoms with Crippen molar-refractivity contribution < 1.29 is 0 Å². The fraction of sp³-hybridized carbons (Fsp3) is 0.800. The lowest BCUT2D eigenvalue weighted by Crippen LogP contribution is -2.26. The Morgan fingerprint density at radius 3 is 3.00 bits per heavy atom. The Morgan fingerprint density at radius 2 is 2.43 bits per heavy atom. The number of hydrogen-bond acceptors (Lipinski definition) is 3. The Morgan fingerprint density at radius 1 is 1.64 bits per heavy atom. The van der Waals surface area contributed by atoms with Crippen LogP contribution in [0.15, 0.2) is 6.33 Å². The minimum Gasteiger partial charge on any atom is -0.307 e. The van der Waals surface area contributed by atoms with E-state index in [1.54, 1.807) is 11.0 Å². The van der Waals surface area contributed by atoms with E-state index in [4.69, 9.17) is 0 Å². The molecule has 1 atom stereocenters. The predicted octanol–water partition coefficient (Wildman–Crippen LogP) is 1.09. The number of aromatic nitrogens is 3. The molecule has 1 aromatic rings. The highest BCUT2D eigenvalue weighted by Crippen LogP contribution is 2.33. The molecule has 1 N–H and O–H groups in total. The van der Waals surface area contributed by atoms with Crippen molar-refractivity contribution in [3.05, 3.63) is 12.2 Å². The molecule has 14 heavy (non-hydrogen) atoms. The van der Waals surface area contributed by atoms with E-state index in [9.17, 15) is 0 Å². The van der Waals surface area contributed by atoms with Gasteiger partial charge in [-0.2, -0.15) is 5.10 Å². The third kappa shape index (κ3) is 2.80. The van der Waals surface area contributed by atoms with Crippen LogP contribution in [0.5, 0.6) is 0 Å². The molecular weight excluding hydrogens is 176 g/mol. The molecule has 4 nitrogen and oxygen atoms in total. The second kappa shape index (κ2) is 4.09. The van der Waals surface area contributed by atoms with Crippen LogP contribution in [0.1, 0.15) is 32.0 Å². The summed E-state index contributed by atoms with van der Waals surface area (Å²) < 4.78 is 1.74. The van der Waals surface area contributed by atoms with Crippen molar-refractivity contribution in [2.75, 3.05) is 0 Å². The highest BCUT2D eigenvalue weighted by molar-refractivity contribution is 4.83. The van der Waals surface area contributed by atoms with E-state index in [-0.39, 0.29) is 0 Å². The Bertz CT molecular complexity index is 290. The number of rotatable bonds is 5. The molecule has 78 valence electrons. The second-order valence-corrected chi connectivity index (χ2v) is 4.30. The van der Waals surface area contributed by atoms with Crippen molar-refractivity contribution >= 4 is 0 Å². The standard InChI is InChI=1S/C10H18N4/c1-8(5-9-3-4-9)11-6-10-12-7-14(2)13-10/h7-9,11H,3-6H2,1-2H3. The van der Waals surface area contributed by atoms with Gasteiger partial charge in [0.1, 0.15) is 6.33 Å². The van der Waals surface area contributed by atoms with Crippen LogP contribution in [0.2, 0.25) is 0 Å². The molecule has 1 heterocycles. The van der Waals surface area contributed by atoms with Crippen molar-refractivity contribution in [1.82, 2.24) is 20.1 Å². The first kappa shape index (κ1) is 9.65. The maximum Gasteiger partial charge on any atom is 0.164 e. The van der Waals surface area contributed by atoms with Crippen molar-refractivity contribution in [1.29, 1.82) is 0 Å². The van der Waals surface area contributed by atoms with Gasteiger partial charge in [0.05, 0.1) is 6.54 Å². The van der Waals surface area contributed by atoms with Crippen molar-refractivity contribution in [2.24, 2.45) is 13.0 Å². The van der Waals surface area contributed by atoms with Gasteiger partial charge in [0.15, 0.2) is 5.82 Å². The summed E-state index contributed by atoms with van der Waals surface area (Å²) in [6.07, 6.45) is 5.89. The number of aryl methyl sites for hydroxylation is 1. The zero-order chi connectivity index (χ0) is 9.97. The third-order valence-corrected chi connectivity index (χ3v) is 2.64. The van der Waals surface area contributed by atoms with Gasteiger partial charge in [-0.05, 0) is 19.3 Å². The van der Waals surface area contributed by atoms with Gasteiger partial charge in [-0.25, -0.2) is 4.98 Å². The molecule has 1 saturated carbocycles. The molecule has 0 spiro atoms. The zero-order valence-corrected chi connectivity index (χ0v) is 8.90. The predicted molar refractivity (Wildman–Crippen MR) is 54.6 cm³/mol. The average molecular weight is 194 g/mol. The van der Waals surface area contributed by atoms with Gasteiger partial charge in [0.2, 0.25) is 0 Å². The van der Waals surface area contributed by atoms with E-state index in [2.05, 4.69) is 22.3 Å². The summed E-state index contributed by atoms with van der Waals surface area (Å²) in [5, 5.41) is 7.67. The second-order valence-electron chi connectivity index (χ2n) is 4.30. The minimum atomic E-state index is 0.589. The zero-order valence-electron chi connectivity index (χ0n) is 8.90. The fourth-order valence-electron chi connectivity index (χ4n) is 1.67. The van der Waals surface area contributed by atoms with Crippen molar-refractivity contribution in [3.63, 3.8) is 0 Å². The van der Waals surface area contributed by atoms with Crippen LogP contribution >= 0.6 is 0 Å². The Labute approximate surface area is 84.7 Å². The van der Waals surface area contributed by atoms with E-state index < -0.39 is 0 Å². The van der Waals surface area contributed by atoms with Crippen LogP contribution in [0.4, 0.5) is 0 Å². The topological polar surface area (TPSA) is 42.7 Å². The van der Waals surface area contributed by atoms with Crippen LogP contribution in [0.3, 0.4) is 0 Å². The summed E-state index contributed by atoms with van der Waals surface area (Å²) in [7, 11) is 1.89. The van der Waals surface area contributed by atoms with Gasteiger partial charge in [0.25, 0.3) is 0 Å². The molecule has 0 bridgehead atoms. The van der Waals surface area contributed by atoms with Crippen LogP contribution in [0.25, 0.3) is 0 Å². The molecule has 1 aliphatic carbocycles. The summed E-state index contributed by atoms with van der Waals surface area (Å²) >= 11 is 0. The molecule has 4 heteroatoms. The van der Waals surface area contributed by atoms with Crippen LogP contribution in [-0.2, 0) is 13.6 Å². The molecule has 0 aromatic carbocycles. The van der Waals surface area contributed by atoms with Gasteiger partial charge in [-0.15, -0.1) is 0 Å². The molecule has 0 amide bonds. The largest absolute Gasteiger partial charge is 0.307 e. The first-order chi connectivity index (χ1) is 6.74. The van der Waals surface area contributed by atoms with E-state index in [1.807, 2.05) is 7.05 Å². The maximum absolute atomic E-state index is 4.22.